The first-order valence-corrected chi connectivity index (χ1v) is 5.66. The first-order valence-electron chi connectivity index (χ1n) is 5.66. The molecule has 1 aromatic carbocycles. The number of aryl methyl sites for hydroxylation is 1. The molecule has 0 N–H and O–H groups in total. The summed E-state index contributed by atoms with van der Waals surface area (Å²) >= 11 is 0. The lowest BCUT2D eigenvalue weighted by atomic mass is 10.1. The summed E-state index contributed by atoms with van der Waals surface area (Å²) in [5, 5.41) is 0. The van der Waals surface area contributed by atoms with Crippen molar-refractivity contribution in [3.8, 4) is 0 Å². The van der Waals surface area contributed by atoms with Gasteiger partial charge in [0.05, 0.1) is 12.2 Å². The van der Waals surface area contributed by atoms with Crippen LogP contribution in [0.15, 0.2) is 18.2 Å². The Morgan fingerprint density at radius 3 is 2.76 bits per heavy atom. The molecule has 0 saturated heterocycles. The van der Waals surface area contributed by atoms with E-state index in [1.165, 1.54) is 6.07 Å². The topological polar surface area (TPSA) is 35.5 Å². The van der Waals surface area contributed by atoms with Gasteiger partial charge in [-0.05, 0) is 25.0 Å². The smallest absolute Gasteiger partial charge is 0.341 e. The Morgan fingerprint density at radius 2 is 2.06 bits per heavy atom. The first-order chi connectivity index (χ1) is 8.16. The van der Waals surface area contributed by atoms with Crippen molar-refractivity contribution in [3.05, 3.63) is 35.1 Å². The minimum Gasteiger partial charge on any atom is -0.460 e. The zero-order valence-electron chi connectivity index (χ0n) is 10.2. The first kappa shape index (κ1) is 13.6. The Labute approximate surface area is 101 Å². The van der Waals surface area contributed by atoms with Crippen molar-refractivity contribution < 1.29 is 18.7 Å². The van der Waals surface area contributed by atoms with Crippen LogP contribution < -0.4 is 0 Å². The van der Waals surface area contributed by atoms with E-state index >= 15 is 0 Å². The van der Waals surface area contributed by atoms with E-state index in [2.05, 4.69) is 0 Å². The Bertz CT molecular complexity index is 377. The number of hydrogen-bond donors (Lipinski definition) is 0. The van der Waals surface area contributed by atoms with Gasteiger partial charge in [-0.3, -0.25) is 0 Å². The van der Waals surface area contributed by atoms with Gasteiger partial charge < -0.3 is 9.47 Å². The zero-order valence-corrected chi connectivity index (χ0v) is 10.2. The van der Waals surface area contributed by atoms with Crippen LogP contribution in [0.5, 0.6) is 0 Å². The van der Waals surface area contributed by atoms with E-state index in [1.54, 1.807) is 19.1 Å². The fraction of sp³-hybridized carbons (Fsp3) is 0.462. The van der Waals surface area contributed by atoms with E-state index < -0.39 is 11.8 Å². The van der Waals surface area contributed by atoms with Crippen LogP contribution in [0.2, 0.25) is 0 Å². The molecule has 3 nitrogen and oxygen atoms in total. The van der Waals surface area contributed by atoms with Gasteiger partial charge in [0.1, 0.15) is 12.4 Å². The molecule has 0 amide bonds. The standard InChI is InChI=1S/C13H17FO3/c1-3-7-16-8-9-17-13(15)11-6-4-5-10(2)12(11)14/h4-6H,3,7-9H2,1-2H3. The zero-order chi connectivity index (χ0) is 12.7. The molecule has 0 radical (unpaired) electrons. The van der Waals surface area contributed by atoms with Crippen molar-refractivity contribution in [3.63, 3.8) is 0 Å². The van der Waals surface area contributed by atoms with Gasteiger partial charge in [0.2, 0.25) is 0 Å². The minimum absolute atomic E-state index is 0.0273. The molecule has 0 unspecified atom stereocenters. The molecular formula is C13H17FO3. The molecule has 1 rings (SSSR count). The van der Waals surface area contributed by atoms with E-state index in [0.717, 1.165) is 6.42 Å². The van der Waals surface area contributed by atoms with Gasteiger partial charge in [0, 0.05) is 6.61 Å². The maximum Gasteiger partial charge on any atom is 0.341 e. The predicted octanol–water partition coefficient (Wildman–Crippen LogP) is 2.72. The summed E-state index contributed by atoms with van der Waals surface area (Å²) in [5.74, 6) is -1.17. The molecule has 0 aliphatic carbocycles. The van der Waals surface area contributed by atoms with Crippen LogP contribution >= 0.6 is 0 Å². The molecule has 94 valence electrons. The summed E-state index contributed by atoms with van der Waals surface area (Å²) in [5.41, 5.74) is 0.405. The molecule has 0 bridgehead atoms. The Balaban J connectivity index is 2.44. The van der Waals surface area contributed by atoms with Crippen molar-refractivity contribution >= 4 is 5.97 Å². The second kappa shape index (κ2) is 7.01. The van der Waals surface area contributed by atoms with Crippen LogP contribution in [0.3, 0.4) is 0 Å². The molecule has 0 aliphatic heterocycles. The summed E-state index contributed by atoms with van der Waals surface area (Å²) in [6, 6.07) is 4.65. The molecular weight excluding hydrogens is 223 g/mol. The second-order valence-electron chi connectivity index (χ2n) is 3.68. The summed E-state index contributed by atoms with van der Waals surface area (Å²) in [4.78, 5) is 11.5. The lowest BCUT2D eigenvalue weighted by Crippen LogP contribution is -2.13. The maximum absolute atomic E-state index is 13.5. The number of halogens is 1. The molecule has 1 aromatic rings. The summed E-state index contributed by atoms with van der Waals surface area (Å²) < 4.78 is 23.6. The third kappa shape index (κ3) is 4.15. The average molecular weight is 240 g/mol. The third-order valence-electron chi connectivity index (χ3n) is 2.22. The van der Waals surface area contributed by atoms with Gasteiger partial charge in [0.25, 0.3) is 0 Å². The maximum atomic E-state index is 13.5. The van der Waals surface area contributed by atoms with Gasteiger partial charge in [-0.25, -0.2) is 9.18 Å². The van der Waals surface area contributed by atoms with Crippen molar-refractivity contribution in [1.82, 2.24) is 0 Å². The number of ether oxygens (including phenoxy) is 2. The molecule has 17 heavy (non-hydrogen) atoms. The van der Waals surface area contributed by atoms with E-state index in [4.69, 9.17) is 9.47 Å². The molecule has 0 aliphatic rings. The van der Waals surface area contributed by atoms with E-state index in [-0.39, 0.29) is 12.2 Å². The molecule has 0 atom stereocenters. The van der Waals surface area contributed by atoms with Gasteiger partial charge in [-0.15, -0.1) is 0 Å². The second-order valence-corrected chi connectivity index (χ2v) is 3.68. The van der Waals surface area contributed by atoms with Gasteiger partial charge in [-0.1, -0.05) is 19.1 Å². The fourth-order valence-electron chi connectivity index (χ4n) is 1.32. The number of carbonyl (C=O) groups excluding carboxylic acids is 1. The lowest BCUT2D eigenvalue weighted by molar-refractivity contribution is 0.0314. The fourth-order valence-corrected chi connectivity index (χ4v) is 1.32. The Kier molecular flexibility index (Phi) is 5.63. The van der Waals surface area contributed by atoms with Gasteiger partial charge in [0.15, 0.2) is 0 Å². The van der Waals surface area contributed by atoms with Crippen LogP contribution in [0.1, 0.15) is 29.3 Å². The van der Waals surface area contributed by atoms with Crippen molar-refractivity contribution in [1.29, 1.82) is 0 Å². The number of carbonyl (C=O) groups is 1. The highest BCUT2D eigenvalue weighted by Crippen LogP contribution is 2.12. The van der Waals surface area contributed by atoms with Crippen LogP contribution in [0, 0.1) is 12.7 Å². The van der Waals surface area contributed by atoms with Crippen molar-refractivity contribution in [2.24, 2.45) is 0 Å². The predicted molar refractivity (Wildman–Crippen MR) is 62.5 cm³/mol. The SMILES string of the molecule is CCCOCCOC(=O)c1cccc(C)c1F. The van der Waals surface area contributed by atoms with E-state index in [1.807, 2.05) is 6.92 Å². The quantitative estimate of drug-likeness (QED) is 0.566. The third-order valence-corrected chi connectivity index (χ3v) is 2.22. The molecule has 0 aromatic heterocycles. The molecule has 0 saturated carbocycles. The summed E-state index contributed by atoms with van der Waals surface area (Å²) in [6.07, 6.45) is 0.917. The minimum atomic E-state index is -0.647. The monoisotopic (exact) mass is 240 g/mol. The highest BCUT2D eigenvalue weighted by Gasteiger charge is 2.13. The number of hydrogen-bond acceptors (Lipinski definition) is 3. The number of benzene rings is 1. The van der Waals surface area contributed by atoms with Gasteiger partial charge in [-0.2, -0.15) is 0 Å². The highest BCUT2D eigenvalue weighted by atomic mass is 19.1. The summed E-state index contributed by atoms with van der Waals surface area (Å²) in [6.45, 7) is 4.72. The van der Waals surface area contributed by atoms with Crippen molar-refractivity contribution in [2.45, 2.75) is 20.3 Å². The summed E-state index contributed by atoms with van der Waals surface area (Å²) in [7, 11) is 0. The van der Waals surface area contributed by atoms with Crippen LogP contribution in [-0.4, -0.2) is 25.8 Å². The van der Waals surface area contributed by atoms with Crippen LogP contribution in [0.25, 0.3) is 0 Å². The molecule has 0 spiro atoms. The van der Waals surface area contributed by atoms with Crippen molar-refractivity contribution in [2.75, 3.05) is 19.8 Å². The normalized spacial score (nSPS) is 10.3. The van der Waals surface area contributed by atoms with Crippen LogP contribution in [-0.2, 0) is 9.47 Å². The number of rotatable bonds is 6. The molecule has 0 fully saturated rings. The van der Waals surface area contributed by atoms with E-state index in [0.29, 0.717) is 18.8 Å². The molecule has 0 heterocycles. The van der Waals surface area contributed by atoms with E-state index in [9.17, 15) is 9.18 Å². The van der Waals surface area contributed by atoms with Crippen LogP contribution in [0.4, 0.5) is 4.39 Å². The number of esters is 1. The largest absolute Gasteiger partial charge is 0.460 e. The average Bonchev–Trinajstić information content (AvgIpc) is 2.32. The highest BCUT2D eigenvalue weighted by molar-refractivity contribution is 5.89. The van der Waals surface area contributed by atoms with Gasteiger partial charge >= 0.3 is 5.97 Å². The lowest BCUT2D eigenvalue weighted by Gasteiger charge is -2.07. The Hall–Kier alpha value is -1.42. The molecule has 4 heteroatoms. The Morgan fingerprint density at radius 1 is 1.29 bits per heavy atom.